The van der Waals surface area contributed by atoms with E-state index < -0.39 is 0 Å². The summed E-state index contributed by atoms with van der Waals surface area (Å²) >= 11 is 0. The van der Waals surface area contributed by atoms with Crippen LogP contribution >= 0.6 is 0 Å². The highest BCUT2D eigenvalue weighted by Crippen LogP contribution is 2.74. The van der Waals surface area contributed by atoms with E-state index >= 15 is 0 Å². The number of hydrogen-bond donors (Lipinski definition) is 2. The van der Waals surface area contributed by atoms with Crippen LogP contribution in [0.2, 0.25) is 0 Å². The summed E-state index contributed by atoms with van der Waals surface area (Å²) in [5.74, 6) is 1.94. The van der Waals surface area contributed by atoms with Crippen LogP contribution in [0.3, 0.4) is 0 Å². The molecule has 1 heterocycles. The topological polar surface area (TPSA) is 58.6 Å². The number of aliphatic hydroxyl groups is 1. The number of ether oxygens (including phenoxy) is 1. The van der Waals surface area contributed by atoms with Crippen molar-refractivity contribution in [3.63, 3.8) is 0 Å². The number of carbonyl (C=O) groups excluding carboxylic acids is 1. The Morgan fingerprint density at radius 3 is 2.52 bits per heavy atom. The predicted octanol–water partition coefficient (Wildman–Crippen LogP) is 2.11. The monoisotopic (exact) mass is 319 g/mol. The highest BCUT2D eigenvalue weighted by Gasteiger charge is 2.69. The van der Waals surface area contributed by atoms with Crippen LogP contribution in [0.5, 0.6) is 0 Å². The number of aliphatic hydroxyl groups excluding tert-OH is 1. The quantitative estimate of drug-likeness (QED) is 0.615. The maximum Gasteiger partial charge on any atom is 0.310 e. The molecule has 4 nitrogen and oxygen atoms in total. The third-order valence-corrected chi connectivity index (χ3v) is 8.14. The molecule has 5 atom stereocenters. The van der Waals surface area contributed by atoms with Gasteiger partial charge in [-0.25, -0.2) is 0 Å². The van der Waals surface area contributed by atoms with Gasteiger partial charge < -0.3 is 15.2 Å². The largest absolute Gasteiger partial charge is 0.461 e. The Morgan fingerprint density at radius 1 is 1.09 bits per heavy atom. The maximum absolute atomic E-state index is 12.5. The smallest absolute Gasteiger partial charge is 0.310 e. The zero-order valence-electron chi connectivity index (χ0n) is 13.9. The Hall–Kier alpha value is -0.610. The van der Waals surface area contributed by atoms with E-state index in [1.54, 1.807) is 0 Å². The zero-order valence-corrected chi connectivity index (χ0v) is 13.9. The van der Waals surface area contributed by atoms with Crippen molar-refractivity contribution in [3.8, 4) is 0 Å². The van der Waals surface area contributed by atoms with E-state index in [1.165, 1.54) is 51.4 Å². The molecule has 0 radical (unpaired) electrons. The van der Waals surface area contributed by atoms with Gasteiger partial charge in [0.25, 0.3) is 0 Å². The Balaban J connectivity index is 1.43. The Bertz CT molecular complexity index is 511. The molecule has 5 unspecified atom stereocenters. The van der Waals surface area contributed by atoms with Crippen molar-refractivity contribution in [1.82, 2.24) is 5.32 Å². The van der Waals surface area contributed by atoms with Gasteiger partial charge in [0.05, 0.1) is 12.5 Å². The highest BCUT2D eigenvalue weighted by molar-refractivity contribution is 5.75. The second-order valence-electron chi connectivity index (χ2n) is 9.03. The molecule has 1 aliphatic heterocycles. The van der Waals surface area contributed by atoms with Gasteiger partial charge in [0.2, 0.25) is 0 Å². The van der Waals surface area contributed by atoms with E-state index in [9.17, 15) is 4.79 Å². The summed E-state index contributed by atoms with van der Waals surface area (Å²) in [5, 5.41) is 12.2. The molecular weight excluding hydrogens is 290 g/mol. The maximum atomic E-state index is 12.5. The first-order valence-electron chi connectivity index (χ1n) is 9.71. The average molecular weight is 319 g/mol. The first kappa shape index (κ1) is 14.7. The molecule has 5 rings (SSSR count). The van der Waals surface area contributed by atoms with E-state index in [4.69, 9.17) is 9.84 Å². The molecule has 4 aliphatic carbocycles. The molecule has 4 saturated carbocycles. The summed E-state index contributed by atoms with van der Waals surface area (Å²) in [5.41, 5.74) is 1.16. The van der Waals surface area contributed by atoms with Crippen molar-refractivity contribution >= 4 is 5.97 Å². The fourth-order valence-electron chi connectivity index (χ4n) is 6.63. The van der Waals surface area contributed by atoms with Gasteiger partial charge in [-0.05, 0) is 68.1 Å². The summed E-state index contributed by atoms with van der Waals surface area (Å²) in [6.07, 6.45) is 11.0. The molecule has 2 spiro atoms. The van der Waals surface area contributed by atoms with Gasteiger partial charge in [-0.15, -0.1) is 0 Å². The molecule has 128 valence electrons. The molecule has 2 N–H and O–H groups in total. The van der Waals surface area contributed by atoms with Gasteiger partial charge in [-0.2, -0.15) is 0 Å². The van der Waals surface area contributed by atoms with E-state index in [2.05, 4.69) is 5.32 Å². The lowest BCUT2D eigenvalue weighted by Gasteiger charge is -2.33. The second-order valence-corrected chi connectivity index (χ2v) is 9.03. The molecule has 4 heteroatoms. The standard InChI is InChI=1S/C19H29NO3/c21-10-9-20-11-13-12-1-3-18(5-6-18)14-2-4-19(7-8-19)15(14)16(12)23-17(13)22/h12-16,20-21H,1-11H2. The molecule has 0 amide bonds. The van der Waals surface area contributed by atoms with E-state index in [1.807, 2.05) is 0 Å². The van der Waals surface area contributed by atoms with Crippen molar-refractivity contribution < 1.29 is 14.6 Å². The van der Waals surface area contributed by atoms with Crippen LogP contribution in [0.4, 0.5) is 0 Å². The molecule has 1 saturated heterocycles. The number of nitrogens with one attached hydrogen (secondary N) is 1. The van der Waals surface area contributed by atoms with Crippen LogP contribution in [0.15, 0.2) is 0 Å². The number of carbonyl (C=O) groups is 1. The lowest BCUT2D eigenvalue weighted by molar-refractivity contribution is -0.147. The SMILES string of the molecule is O=C1OC2C(CCC3(CC3)C3CCC4(CC4)C23)C1CNCCO. The molecule has 5 fully saturated rings. The van der Waals surface area contributed by atoms with Gasteiger partial charge in [-0.3, -0.25) is 4.79 Å². The van der Waals surface area contributed by atoms with E-state index in [0.717, 1.165) is 5.92 Å². The Labute approximate surface area is 138 Å². The average Bonchev–Trinajstić information content (AvgIpc) is 3.42. The van der Waals surface area contributed by atoms with Crippen molar-refractivity contribution in [2.24, 2.45) is 34.5 Å². The molecule has 23 heavy (non-hydrogen) atoms. The number of fused-ring (bicyclic) bond motifs is 5. The molecular formula is C19H29NO3. The van der Waals surface area contributed by atoms with Gasteiger partial charge in [-0.1, -0.05) is 0 Å². The van der Waals surface area contributed by atoms with Gasteiger partial charge >= 0.3 is 5.97 Å². The van der Waals surface area contributed by atoms with Crippen LogP contribution in [-0.4, -0.2) is 36.9 Å². The number of esters is 1. The van der Waals surface area contributed by atoms with Crippen LogP contribution in [0.1, 0.15) is 51.4 Å². The highest BCUT2D eigenvalue weighted by atomic mass is 16.6. The van der Waals surface area contributed by atoms with E-state index in [-0.39, 0.29) is 24.6 Å². The first-order chi connectivity index (χ1) is 11.2. The molecule has 0 bridgehead atoms. The molecule has 5 aliphatic rings. The first-order valence-corrected chi connectivity index (χ1v) is 9.71. The third-order valence-electron chi connectivity index (χ3n) is 8.14. The van der Waals surface area contributed by atoms with Crippen molar-refractivity contribution in [3.05, 3.63) is 0 Å². The van der Waals surface area contributed by atoms with Crippen LogP contribution in [0, 0.1) is 34.5 Å². The number of rotatable bonds is 4. The minimum atomic E-state index is 0.0116. The van der Waals surface area contributed by atoms with Crippen molar-refractivity contribution in [2.45, 2.75) is 57.5 Å². The van der Waals surface area contributed by atoms with Gasteiger partial charge in [0.15, 0.2) is 0 Å². The van der Waals surface area contributed by atoms with Gasteiger partial charge in [0.1, 0.15) is 6.10 Å². The van der Waals surface area contributed by atoms with Crippen LogP contribution in [-0.2, 0) is 9.53 Å². The van der Waals surface area contributed by atoms with Gasteiger partial charge in [0, 0.05) is 24.9 Å². The Kier molecular flexibility index (Phi) is 3.17. The second kappa shape index (κ2) is 4.95. The fourth-order valence-corrected chi connectivity index (χ4v) is 6.63. The lowest BCUT2D eigenvalue weighted by Crippen LogP contribution is -2.37. The van der Waals surface area contributed by atoms with Crippen molar-refractivity contribution in [2.75, 3.05) is 19.7 Å². The summed E-state index contributed by atoms with van der Waals surface area (Å²) < 4.78 is 6.06. The molecule has 0 aromatic heterocycles. The van der Waals surface area contributed by atoms with Crippen molar-refractivity contribution in [1.29, 1.82) is 0 Å². The predicted molar refractivity (Wildman–Crippen MR) is 85.6 cm³/mol. The molecule has 0 aromatic rings. The normalized spacial score (nSPS) is 44.7. The van der Waals surface area contributed by atoms with Crippen LogP contribution < -0.4 is 5.32 Å². The Morgan fingerprint density at radius 2 is 1.83 bits per heavy atom. The van der Waals surface area contributed by atoms with E-state index in [0.29, 0.717) is 35.8 Å². The summed E-state index contributed by atoms with van der Waals surface area (Å²) in [4.78, 5) is 12.5. The fraction of sp³-hybridized carbons (Fsp3) is 0.947. The summed E-state index contributed by atoms with van der Waals surface area (Å²) in [6.45, 7) is 1.38. The zero-order chi connectivity index (χ0) is 15.7. The third kappa shape index (κ3) is 2.07. The summed E-state index contributed by atoms with van der Waals surface area (Å²) in [7, 11) is 0. The minimum Gasteiger partial charge on any atom is -0.461 e. The summed E-state index contributed by atoms with van der Waals surface area (Å²) in [6, 6.07) is 0. The lowest BCUT2D eigenvalue weighted by atomic mass is 9.73. The van der Waals surface area contributed by atoms with Crippen LogP contribution in [0.25, 0.3) is 0 Å². The minimum absolute atomic E-state index is 0.0116. The molecule has 0 aromatic carbocycles. The number of hydrogen-bond acceptors (Lipinski definition) is 4.